The van der Waals surface area contributed by atoms with Crippen LogP contribution in [-0.2, 0) is 21.4 Å². The minimum Gasteiger partial charge on any atom is -0.351 e. The van der Waals surface area contributed by atoms with Crippen molar-refractivity contribution >= 4 is 15.9 Å². The molecule has 5 nitrogen and oxygen atoms in total. The summed E-state index contributed by atoms with van der Waals surface area (Å²) < 4.78 is 40.1. The van der Waals surface area contributed by atoms with Crippen LogP contribution in [0.1, 0.15) is 24.8 Å². The van der Waals surface area contributed by atoms with Gasteiger partial charge in [0.15, 0.2) is 0 Å². The van der Waals surface area contributed by atoms with E-state index in [9.17, 15) is 17.6 Å². The standard InChI is InChI=1S/C19H21FN2O3S/c20-16-11-9-15(10-12-16)14-21-19(23)18-8-4-5-13-22(18)26(24,25)17-6-2-1-3-7-17/h1-3,6-7,9-12,18H,4-5,8,13-14H2,(H,21,23). The van der Waals surface area contributed by atoms with Crippen molar-refractivity contribution in [2.24, 2.45) is 0 Å². The van der Waals surface area contributed by atoms with Gasteiger partial charge in [-0.25, -0.2) is 12.8 Å². The lowest BCUT2D eigenvalue weighted by Gasteiger charge is -2.33. The molecule has 0 saturated carbocycles. The van der Waals surface area contributed by atoms with E-state index in [0.717, 1.165) is 18.4 Å². The minimum absolute atomic E-state index is 0.193. The van der Waals surface area contributed by atoms with Crippen LogP contribution >= 0.6 is 0 Å². The van der Waals surface area contributed by atoms with Crippen molar-refractivity contribution < 1.29 is 17.6 Å². The van der Waals surface area contributed by atoms with Crippen LogP contribution in [0.3, 0.4) is 0 Å². The Hall–Kier alpha value is -2.25. The number of nitrogens with one attached hydrogen (secondary N) is 1. The van der Waals surface area contributed by atoms with Gasteiger partial charge in [0.2, 0.25) is 15.9 Å². The Morgan fingerprint density at radius 2 is 1.77 bits per heavy atom. The molecule has 0 bridgehead atoms. The second-order valence-corrected chi connectivity index (χ2v) is 8.18. The van der Waals surface area contributed by atoms with Gasteiger partial charge in [0, 0.05) is 13.1 Å². The maximum atomic E-state index is 13.0. The normalized spacial score (nSPS) is 18.4. The van der Waals surface area contributed by atoms with Gasteiger partial charge in [0.25, 0.3) is 0 Å². The smallest absolute Gasteiger partial charge is 0.243 e. The van der Waals surface area contributed by atoms with Crippen LogP contribution in [-0.4, -0.2) is 31.2 Å². The molecule has 1 atom stereocenters. The quantitative estimate of drug-likeness (QED) is 0.873. The van der Waals surface area contributed by atoms with Gasteiger partial charge < -0.3 is 5.32 Å². The summed E-state index contributed by atoms with van der Waals surface area (Å²) in [6.07, 6.45) is 2.02. The van der Waals surface area contributed by atoms with Gasteiger partial charge in [-0.1, -0.05) is 36.8 Å². The first-order chi connectivity index (χ1) is 12.5. The number of amides is 1. The van der Waals surface area contributed by atoms with E-state index < -0.39 is 16.1 Å². The number of nitrogens with zero attached hydrogens (tertiary/aromatic N) is 1. The first-order valence-electron chi connectivity index (χ1n) is 8.57. The van der Waals surface area contributed by atoms with E-state index in [4.69, 9.17) is 0 Å². The molecule has 1 unspecified atom stereocenters. The molecule has 1 amide bonds. The van der Waals surface area contributed by atoms with E-state index >= 15 is 0 Å². The highest BCUT2D eigenvalue weighted by molar-refractivity contribution is 7.89. The zero-order valence-corrected chi connectivity index (χ0v) is 15.1. The molecule has 0 radical (unpaired) electrons. The number of hydrogen-bond donors (Lipinski definition) is 1. The number of rotatable bonds is 5. The van der Waals surface area contributed by atoms with Crippen molar-refractivity contribution in [2.45, 2.75) is 36.7 Å². The van der Waals surface area contributed by atoms with E-state index in [0.29, 0.717) is 13.0 Å². The highest BCUT2D eigenvalue weighted by Gasteiger charge is 2.37. The maximum Gasteiger partial charge on any atom is 0.243 e. The third kappa shape index (κ3) is 4.11. The van der Waals surface area contributed by atoms with E-state index in [1.54, 1.807) is 30.3 Å². The molecule has 138 valence electrons. The molecule has 1 saturated heterocycles. The fourth-order valence-corrected chi connectivity index (χ4v) is 4.77. The number of halogens is 1. The van der Waals surface area contributed by atoms with Gasteiger partial charge in [-0.2, -0.15) is 4.31 Å². The molecule has 2 aromatic carbocycles. The van der Waals surface area contributed by atoms with Crippen molar-refractivity contribution in [2.75, 3.05) is 6.54 Å². The highest BCUT2D eigenvalue weighted by Crippen LogP contribution is 2.25. The number of piperidine rings is 1. The Labute approximate surface area is 152 Å². The van der Waals surface area contributed by atoms with Crippen LogP contribution < -0.4 is 5.32 Å². The van der Waals surface area contributed by atoms with Crippen molar-refractivity contribution in [1.29, 1.82) is 0 Å². The molecule has 2 aromatic rings. The predicted molar refractivity (Wildman–Crippen MR) is 96.2 cm³/mol. The molecular weight excluding hydrogens is 355 g/mol. The van der Waals surface area contributed by atoms with E-state index in [-0.39, 0.29) is 23.2 Å². The van der Waals surface area contributed by atoms with E-state index in [2.05, 4.69) is 5.32 Å². The maximum absolute atomic E-state index is 13.0. The summed E-state index contributed by atoms with van der Waals surface area (Å²) in [6, 6.07) is 13.3. The Bertz CT molecular complexity index is 854. The zero-order chi connectivity index (χ0) is 18.6. The number of carbonyl (C=O) groups is 1. The fourth-order valence-electron chi connectivity index (χ4n) is 3.09. The monoisotopic (exact) mass is 376 g/mol. The number of hydrogen-bond acceptors (Lipinski definition) is 3. The average molecular weight is 376 g/mol. The molecular formula is C19H21FN2O3S. The van der Waals surface area contributed by atoms with Crippen molar-refractivity contribution in [3.63, 3.8) is 0 Å². The van der Waals surface area contributed by atoms with Gasteiger partial charge in [-0.15, -0.1) is 0 Å². The number of carbonyl (C=O) groups excluding carboxylic acids is 1. The van der Waals surface area contributed by atoms with Crippen LogP contribution in [0.15, 0.2) is 59.5 Å². The van der Waals surface area contributed by atoms with Crippen LogP contribution in [0, 0.1) is 5.82 Å². The molecule has 1 N–H and O–H groups in total. The van der Waals surface area contributed by atoms with Crippen molar-refractivity contribution in [1.82, 2.24) is 9.62 Å². The summed E-state index contributed by atoms with van der Waals surface area (Å²) in [5.74, 6) is -0.666. The Balaban J connectivity index is 1.74. The van der Waals surface area contributed by atoms with Crippen LogP contribution in [0.2, 0.25) is 0 Å². The molecule has 1 fully saturated rings. The lowest BCUT2D eigenvalue weighted by atomic mass is 10.0. The minimum atomic E-state index is -3.72. The molecule has 3 rings (SSSR count). The topological polar surface area (TPSA) is 66.5 Å². The lowest BCUT2D eigenvalue weighted by Crippen LogP contribution is -2.51. The first-order valence-corrected chi connectivity index (χ1v) is 10.0. The lowest BCUT2D eigenvalue weighted by molar-refractivity contribution is -0.125. The molecule has 0 aromatic heterocycles. The highest BCUT2D eigenvalue weighted by atomic mass is 32.2. The predicted octanol–water partition coefficient (Wildman–Crippen LogP) is 2.69. The average Bonchev–Trinajstić information content (AvgIpc) is 2.68. The molecule has 0 aliphatic carbocycles. The van der Waals surface area contributed by atoms with E-state index in [1.807, 2.05) is 0 Å². The van der Waals surface area contributed by atoms with Crippen LogP contribution in [0.4, 0.5) is 4.39 Å². The SMILES string of the molecule is O=C(NCc1ccc(F)cc1)C1CCCCN1S(=O)(=O)c1ccccc1. The molecule has 0 spiro atoms. The third-order valence-electron chi connectivity index (χ3n) is 4.49. The van der Waals surface area contributed by atoms with Gasteiger partial charge in [0.1, 0.15) is 11.9 Å². The largest absolute Gasteiger partial charge is 0.351 e. The summed E-state index contributed by atoms with van der Waals surface area (Å²) in [5, 5.41) is 2.77. The second-order valence-electron chi connectivity index (χ2n) is 6.28. The first kappa shape index (κ1) is 18.5. The number of sulfonamides is 1. The summed E-state index contributed by atoms with van der Waals surface area (Å²) >= 11 is 0. The number of benzene rings is 2. The molecule has 1 aliphatic rings. The zero-order valence-electron chi connectivity index (χ0n) is 14.3. The Morgan fingerprint density at radius 3 is 2.46 bits per heavy atom. The summed E-state index contributed by atoms with van der Waals surface area (Å²) in [4.78, 5) is 12.8. The van der Waals surface area contributed by atoms with E-state index in [1.165, 1.54) is 28.6 Å². The van der Waals surface area contributed by atoms with Gasteiger partial charge in [0.05, 0.1) is 4.90 Å². The Morgan fingerprint density at radius 1 is 1.08 bits per heavy atom. The summed E-state index contributed by atoms with van der Waals surface area (Å²) in [5.41, 5.74) is 0.757. The molecule has 26 heavy (non-hydrogen) atoms. The Kier molecular flexibility index (Phi) is 5.68. The van der Waals surface area contributed by atoms with Crippen LogP contribution in [0.25, 0.3) is 0 Å². The van der Waals surface area contributed by atoms with Gasteiger partial charge >= 0.3 is 0 Å². The second kappa shape index (κ2) is 7.97. The molecule has 1 heterocycles. The fraction of sp³-hybridized carbons (Fsp3) is 0.316. The summed E-state index contributed by atoms with van der Waals surface area (Å²) in [7, 11) is -3.72. The third-order valence-corrected chi connectivity index (χ3v) is 6.41. The van der Waals surface area contributed by atoms with Gasteiger partial charge in [-0.05, 0) is 42.7 Å². The van der Waals surface area contributed by atoms with Gasteiger partial charge in [-0.3, -0.25) is 4.79 Å². The molecule has 1 aliphatic heterocycles. The van der Waals surface area contributed by atoms with Crippen molar-refractivity contribution in [3.8, 4) is 0 Å². The summed E-state index contributed by atoms with van der Waals surface area (Å²) in [6.45, 7) is 0.556. The van der Waals surface area contributed by atoms with Crippen molar-refractivity contribution in [3.05, 3.63) is 66.0 Å². The molecule has 7 heteroatoms. The van der Waals surface area contributed by atoms with Crippen LogP contribution in [0.5, 0.6) is 0 Å².